The maximum atomic E-state index is 12.4. The van der Waals surface area contributed by atoms with E-state index in [4.69, 9.17) is 5.73 Å². The van der Waals surface area contributed by atoms with Crippen LogP contribution in [-0.4, -0.2) is 30.4 Å². The molecule has 1 unspecified atom stereocenters. The zero-order chi connectivity index (χ0) is 13.3. The molecule has 1 amide bonds. The van der Waals surface area contributed by atoms with Gasteiger partial charge in [0.05, 0.1) is 5.92 Å². The SMILES string of the molecule is CC(C)(C)CC(CN)C(=O)N1CCC(C)(C)C1. The summed E-state index contributed by atoms with van der Waals surface area (Å²) in [6, 6.07) is 0. The quantitative estimate of drug-likeness (QED) is 0.822. The van der Waals surface area contributed by atoms with Crippen LogP contribution in [0.1, 0.15) is 47.5 Å². The summed E-state index contributed by atoms with van der Waals surface area (Å²) in [5.41, 5.74) is 6.20. The third kappa shape index (κ3) is 4.30. The van der Waals surface area contributed by atoms with Gasteiger partial charge in [-0.25, -0.2) is 0 Å². The monoisotopic (exact) mass is 240 g/mol. The van der Waals surface area contributed by atoms with Gasteiger partial charge in [0.15, 0.2) is 0 Å². The Morgan fingerprint density at radius 3 is 2.35 bits per heavy atom. The molecule has 0 radical (unpaired) electrons. The van der Waals surface area contributed by atoms with E-state index in [0.29, 0.717) is 6.54 Å². The van der Waals surface area contributed by atoms with Crippen LogP contribution < -0.4 is 5.73 Å². The molecule has 3 heteroatoms. The molecule has 0 aliphatic carbocycles. The third-order valence-electron chi connectivity index (χ3n) is 3.48. The number of carbonyl (C=O) groups excluding carboxylic acids is 1. The van der Waals surface area contributed by atoms with Gasteiger partial charge < -0.3 is 10.6 Å². The summed E-state index contributed by atoms with van der Waals surface area (Å²) in [5, 5.41) is 0. The second kappa shape index (κ2) is 4.97. The normalized spacial score (nSPS) is 21.6. The molecule has 0 spiro atoms. The highest BCUT2D eigenvalue weighted by Crippen LogP contribution is 2.31. The lowest BCUT2D eigenvalue weighted by atomic mass is 9.84. The summed E-state index contributed by atoms with van der Waals surface area (Å²) in [4.78, 5) is 14.4. The standard InChI is InChI=1S/C14H28N2O/c1-13(2,3)8-11(9-15)12(17)16-7-6-14(4,5)10-16/h11H,6-10,15H2,1-5H3. The van der Waals surface area contributed by atoms with Crippen molar-refractivity contribution in [3.8, 4) is 0 Å². The lowest BCUT2D eigenvalue weighted by Crippen LogP contribution is -2.40. The second-order valence-electron chi connectivity index (χ2n) is 7.37. The number of amides is 1. The van der Waals surface area contributed by atoms with E-state index in [1.54, 1.807) is 0 Å². The minimum Gasteiger partial charge on any atom is -0.342 e. The van der Waals surface area contributed by atoms with Gasteiger partial charge in [0, 0.05) is 19.6 Å². The molecule has 0 saturated carbocycles. The number of likely N-dealkylation sites (tertiary alicyclic amines) is 1. The fraction of sp³-hybridized carbons (Fsp3) is 0.929. The molecule has 1 aliphatic rings. The smallest absolute Gasteiger partial charge is 0.226 e. The second-order valence-corrected chi connectivity index (χ2v) is 7.37. The molecule has 0 aromatic heterocycles. The maximum Gasteiger partial charge on any atom is 0.226 e. The van der Waals surface area contributed by atoms with Crippen molar-refractivity contribution in [2.75, 3.05) is 19.6 Å². The summed E-state index contributed by atoms with van der Waals surface area (Å²) < 4.78 is 0. The van der Waals surface area contributed by atoms with Crippen LogP contribution in [0, 0.1) is 16.7 Å². The lowest BCUT2D eigenvalue weighted by molar-refractivity contribution is -0.135. The predicted molar refractivity (Wildman–Crippen MR) is 71.6 cm³/mol. The average Bonchev–Trinajstić information content (AvgIpc) is 2.53. The maximum absolute atomic E-state index is 12.4. The van der Waals surface area contributed by atoms with Crippen LogP contribution in [0.4, 0.5) is 0 Å². The van der Waals surface area contributed by atoms with Crippen LogP contribution in [0.5, 0.6) is 0 Å². The van der Waals surface area contributed by atoms with Crippen LogP contribution in [0.2, 0.25) is 0 Å². The fourth-order valence-corrected chi connectivity index (χ4v) is 2.57. The molecule has 1 heterocycles. The number of nitrogens with zero attached hydrogens (tertiary/aromatic N) is 1. The Kier molecular flexibility index (Phi) is 4.23. The summed E-state index contributed by atoms with van der Waals surface area (Å²) in [6.07, 6.45) is 1.98. The van der Waals surface area contributed by atoms with E-state index in [0.717, 1.165) is 25.9 Å². The number of carbonyl (C=O) groups is 1. The minimum absolute atomic E-state index is 0.0103. The summed E-state index contributed by atoms with van der Waals surface area (Å²) >= 11 is 0. The zero-order valence-electron chi connectivity index (χ0n) is 12.0. The van der Waals surface area contributed by atoms with Gasteiger partial charge in [0.25, 0.3) is 0 Å². The van der Waals surface area contributed by atoms with Crippen molar-refractivity contribution < 1.29 is 4.79 Å². The minimum atomic E-state index is -0.0103. The molecular weight excluding hydrogens is 212 g/mol. The molecule has 100 valence electrons. The van der Waals surface area contributed by atoms with E-state index in [-0.39, 0.29) is 22.7 Å². The number of rotatable bonds is 3. The Hall–Kier alpha value is -0.570. The third-order valence-corrected chi connectivity index (χ3v) is 3.48. The van der Waals surface area contributed by atoms with Crippen molar-refractivity contribution in [2.24, 2.45) is 22.5 Å². The summed E-state index contributed by atoms with van der Waals surface area (Å²) in [5.74, 6) is 0.247. The molecule has 0 bridgehead atoms. The van der Waals surface area contributed by atoms with Gasteiger partial charge in [-0.2, -0.15) is 0 Å². The van der Waals surface area contributed by atoms with E-state index >= 15 is 0 Å². The first kappa shape index (κ1) is 14.5. The van der Waals surface area contributed by atoms with E-state index in [9.17, 15) is 4.79 Å². The molecule has 3 nitrogen and oxygen atoms in total. The van der Waals surface area contributed by atoms with Gasteiger partial charge >= 0.3 is 0 Å². The van der Waals surface area contributed by atoms with Crippen LogP contribution in [0.15, 0.2) is 0 Å². The molecule has 0 aromatic carbocycles. The Morgan fingerprint density at radius 2 is 2.00 bits per heavy atom. The van der Waals surface area contributed by atoms with Crippen molar-refractivity contribution in [3.63, 3.8) is 0 Å². The van der Waals surface area contributed by atoms with E-state index in [1.807, 2.05) is 4.90 Å². The number of hydrogen-bond donors (Lipinski definition) is 1. The number of hydrogen-bond acceptors (Lipinski definition) is 2. The van der Waals surface area contributed by atoms with E-state index in [2.05, 4.69) is 34.6 Å². The highest BCUT2D eigenvalue weighted by atomic mass is 16.2. The predicted octanol–water partition coefficient (Wildman–Crippen LogP) is 2.26. The Bertz CT molecular complexity index is 278. The molecular formula is C14H28N2O. The lowest BCUT2D eigenvalue weighted by Gasteiger charge is -2.28. The van der Waals surface area contributed by atoms with Crippen LogP contribution in [-0.2, 0) is 4.79 Å². The molecule has 0 aromatic rings. The fourth-order valence-electron chi connectivity index (χ4n) is 2.57. The first-order chi connectivity index (χ1) is 7.64. The first-order valence-corrected chi connectivity index (χ1v) is 6.63. The van der Waals surface area contributed by atoms with Gasteiger partial charge in [0.2, 0.25) is 5.91 Å². The van der Waals surface area contributed by atoms with Crippen LogP contribution >= 0.6 is 0 Å². The Morgan fingerprint density at radius 1 is 1.41 bits per heavy atom. The van der Waals surface area contributed by atoms with Gasteiger partial charge in [-0.05, 0) is 23.7 Å². The molecule has 1 aliphatic heterocycles. The van der Waals surface area contributed by atoms with Gasteiger partial charge in [-0.15, -0.1) is 0 Å². The molecule has 1 rings (SSSR count). The van der Waals surface area contributed by atoms with Gasteiger partial charge in [-0.3, -0.25) is 4.79 Å². The van der Waals surface area contributed by atoms with E-state index in [1.165, 1.54) is 0 Å². The highest BCUT2D eigenvalue weighted by molar-refractivity contribution is 5.79. The highest BCUT2D eigenvalue weighted by Gasteiger charge is 2.35. The molecule has 1 fully saturated rings. The topological polar surface area (TPSA) is 46.3 Å². The Balaban J connectivity index is 2.62. The van der Waals surface area contributed by atoms with Crippen molar-refractivity contribution in [3.05, 3.63) is 0 Å². The molecule has 1 saturated heterocycles. The number of nitrogens with two attached hydrogens (primary N) is 1. The van der Waals surface area contributed by atoms with Crippen molar-refractivity contribution in [1.82, 2.24) is 4.90 Å². The summed E-state index contributed by atoms with van der Waals surface area (Å²) in [7, 11) is 0. The zero-order valence-corrected chi connectivity index (χ0v) is 12.0. The van der Waals surface area contributed by atoms with Gasteiger partial charge in [-0.1, -0.05) is 34.6 Å². The Labute approximate surface area is 106 Å². The van der Waals surface area contributed by atoms with E-state index < -0.39 is 0 Å². The largest absolute Gasteiger partial charge is 0.342 e. The summed E-state index contributed by atoms with van der Waals surface area (Å²) in [6.45, 7) is 13.2. The van der Waals surface area contributed by atoms with Crippen LogP contribution in [0.3, 0.4) is 0 Å². The molecule has 2 N–H and O–H groups in total. The average molecular weight is 240 g/mol. The van der Waals surface area contributed by atoms with Gasteiger partial charge in [0.1, 0.15) is 0 Å². The van der Waals surface area contributed by atoms with Crippen LogP contribution in [0.25, 0.3) is 0 Å². The first-order valence-electron chi connectivity index (χ1n) is 6.63. The van der Waals surface area contributed by atoms with Crippen molar-refractivity contribution >= 4 is 5.91 Å². The molecule has 17 heavy (non-hydrogen) atoms. The van der Waals surface area contributed by atoms with Crippen molar-refractivity contribution in [2.45, 2.75) is 47.5 Å². The van der Waals surface area contributed by atoms with Crippen molar-refractivity contribution in [1.29, 1.82) is 0 Å². The molecule has 1 atom stereocenters.